The maximum Gasteiger partial charge on any atom is 0.342 e. The molecular weight excluding hydrogens is 116 g/mol. The van der Waals surface area contributed by atoms with Crippen molar-refractivity contribution in [3.05, 3.63) is 24.5 Å². The van der Waals surface area contributed by atoms with Crippen molar-refractivity contribution in [2.75, 3.05) is 0 Å². The van der Waals surface area contributed by atoms with Gasteiger partial charge in [0, 0.05) is 12.4 Å². The van der Waals surface area contributed by atoms with Crippen LogP contribution in [0.25, 0.3) is 0 Å². The minimum atomic E-state index is -0.667. The van der Waals surface area contributed by atoms with E-state index in [0.717, 1.165) is 0 Å². The Bertz CT molecular complexity index is 96.6. The lowest BCUT2D eigenvalue weighted by atomic mass is 9.80. The second-order valence-corrected chi connectivity index (χ2v) is 1.90. The van der Waals surface area contributed by atoms with Crippen molar-refractivity contribution in [3.8, 4) is 0 Å². The highest BCUT2D eigenvalue weighted by Crippen LogP contribution is 1.72. The number of H-pyrrole nitrogens is 1. The minimum Gasteiger partial charge on any atom is -0.368 e. The van der Waals surface area contributed by atoms with Crippen LogP contribution in [-0.4, -0.2) is 12.0 Å². The van der Waals surface area contributed by atoms with E-state index in [9.17, 15) is 4.32 Å². The molecule has 1 nitrogen and oxygen atoms in total. The summed E-state index contributed by atoms with van der Waals surface area (Å²) in [6, 6.07) is 3.89. The van der Waals surface area contributed by atoms with Gasteiger partial charge in [-0.3, -0.25) is 0 Å². The van der Waals surface area contributed by atoms with Crippen LogP contribution in [0.1, 0.15) is 0 Å². The second-order valence-electron chi connectivity index (χ2n) is 1.90. The normalized spacial score (nSPS) is 7.44. The molecule has 0 spiro atoms. The number of halogens is 1. The topological polar surface area (TPSA) is 15.8 Å². The lowest BCUT2D eigenvalue weighted by molar-refractivity contribution is 0.847. The number of nitrogens with one attached hydrogen (secondary N) is 1. The van der Waals surface area contributed by atoms with Gasteiger partial charge in [0.25, 0.3) is 0 Å². The van der Waals surface area contributed by atoms with E-state index in [1.165, 1.54) is 13.6 Å². The van der Waals surface area contributed by atoms with Crippen molar-refractivity contribution in [1.29, 1.82) is 0 Å². The molecule has 0 radical (unpaired) electrons. The standard InChI is InChI=1S/C4H5N.C2H6BF/c1-2-4-5-3-1;1-3(2)4/h1-5H;1-2H3. The van der Waals surface area contributed by atoms with Crippen LogP contribution < -0.4 is 0 Å². The van der Waals surface area contributed by atoms with Crippen molar-refractivity contribution in [3.63, 3.8) is 0 Å². The van der Waals surface area contributed by atoms with Gasteiger partial charge in [0.05, 0.1) is 0 Å². The summed E-state index contributed by atoms with van der Waals surface area (Å²) in [5.41, 5.74) is 0. The minimum absolute atomic E-state index is 0.667. The Morgan fingerprint density at radius 1 is 1.22 bits per heavy atom. The SMILES string of the molecule is CB(C)F.c1cc[nH]c1. The number of hydrogen-bond donors (Lipinski definition) is 1. The third-order valence-corrected chi connectivity index (χ3v) is 0.496. The maximum atomic E-state index is 11.0. The quantitative estimate of drug-likeness (QED) is 0.514. The van der Waals surface area contributed by atoms with Gasteiger partial charge in [-0.25, -0.2) is 0 Å². The monoisotopic (exact) mass is 127 g/mol. The van der Waals surface area contributed by atoms with Gasteiger partial charge in [-0.05, 0) is 12.1 Å². The van der Waals surface area contributed by atoms with Crippen LogP contribution in [0.15, 0.2) is 24.5 Å². The first-order valence-electron chi connectivity index (χ1n) is 2.95. The third kappa shape index (κ3) is 11.1. The smallest absolute Gasteiger partial charge is 0.342 e. The number of rotatable bonds is 0. The Hall–Kier alpha value is -0.725. The molecule has 1 aromatic heterocycles. The second kappa shape index (κ2) is 5.41. The lowest BCUT2D eigenvalue weighted by Crippen LogP contribution is -1.81. The Balaban J connectivity index is 0.000000148. The van der Waals surface area contributed by atoms with Crippen LogP contribution in [0.5, 0.6) is 0 Å². The predicted octanol–water partition coefficient (Wildman–Crippen LogP) is 2.22. The van der Waals surface area contributed by atoms with Gasteiger partial charge in [-0.15, -0.1) is 0 Å². The van der Waals surface area contributed by atoms with E-state index < -0.39 is 6.99 Å². The third-order valence-electron chi connectivity index (χ3n) is 0.496. The molecular formula is C6H11BFN. The Labute approximate surface area is 55.4 Å². The molecule has 0 fully saturated rings. The fourth-order valence-corrected chi connectivity index (χ4v) is 0.278. The highest BCUT2D eigenvalue weighted by atomic mass is 19.1. The summed E-state index contributed by atoms with van der Waals surface area (Å²) in [6.07, 6.45) is 3.75. The van der Waals surface area contributed by atoms with E-state index >= 15 is 0 Å². The molecule has 0 bridgehead atoms. The summed E-state index contributed by atoms with van der Waals surface area (Å²) in [5.74, 6) is 0. The molecule has 0 saturated carbocycles. The molecule has 0 aliphatic rings. The molecule has 1 aromatic rings. The first-order chi connectivity index (χ1) is 4.23. The highest BCUT2D eigenvalue weighted by Gasteiger charge is 1.85. The van der Waals surface area contributed by atoms with E-state index in [-0.39, 0.29) is 0 Å². The van der Waals surface area contributed by atoms with Crippen LogP contribution in [-0.2, 0) is 0 Å². The molecule has 0 atom stereocenters. The number of aromatic amines is 1. The van der Waals surface area contributed by atoms with E-state index in [0.29, 0.717) is 0 Å². The average molecular weight is 127 g/mol. The lowest BCUT2D eigenvalue weighted by Gasteiger charge is -1.66. The number of aromatic nitrogens is 1. The fourth-order valence-electron chi connectivity index (χ4n) is 0.278. The molecule has 0 aromatic carbocycles. The molecule has 3 heteroatoms. The Kier molecular flexibility index (Phi) is 4.98. The van der Waals surface area contributed by atoms with Gasteiger partial charge < -0.3 is 9.30 Å². The van der Waals surface area contributed by atoms with E-state index in [1.807, 2.05) is 24.5 Å². The van der Waals surface area contributed by atoms with E-state index in [4.69, 9.17) is 0 Å². The summed E-state index contributed by atoms with van der Waals surface area (Å²) < 4.78 is 11.0. The maximum absolute atomic E-state index is 11.0. The Morgan fingerprint density at radius 2 is 1.56 bits per heavy atom. The van der Waals surface area contributed by atoms with Crippen molar-refractivity contribution in [2.45, 2.75) is 13.6 Å². The summed E-state index contributed by atoms with van der Waals surface area (Å²) in [7, 11) is 0. The molecule has 1 rings (SSSR count). The zero-order valence-electron chi connectivity index (χ0n) is 5.76. The zero-order chi connectivity index (χ0) is 7.11. The molecule has 0 aliphatic carbocycles. The Morgan fingerprint density at radius 3 is 1.67 bits per heavy atom. The molecule has 0 unspecified atom stereocenters. The fraction of sp³-hybridized carbons (Fsp3) is 0.333. The van der Waals surface area contributed by atoms with Crippen LogP contribution in [0.3, 0.4) is 0 Å². The summed E-state index contributed by atoms with van der Waals surface area (Å²) >= 11 is 0. The highest BCUT2D eigenvalue weighted by molar-refractivity contribution is 6.47. The van der Waals surface area contributed by atoms with Gasteiger partial charge in [0.2, 0.25) is 0 Å². The van der Waals surface area contributed by atoms with Gasteiger partial charge >= 0.3 is 6.99 Å². The molecule has 1 heterocycles. The van der Waals surface area contributed by atoms with Crippen molar-refractivity contribution in [2.24, 2.45) is 0 Å². The van der Waals surface area contributed by atoms with E-state index in [1.54, 1.807) is 0 Å². The summed E-state index contributed by atoms with van der Waals surface area (Å²) in [6.45, 7) is 2.33. The van der Waals surface area contributed by atoms with Gasteiger partial charge in [0.15, 0.2) is 0 Å². The van der Waals surface area contributed by atoms with Crippen LogP contribution in [0.2, 0.25) is 13.6 Å². The van der Waals surface area contributed by atoms with Gasteiger partial charge in [-0.1, -0.05) is 13.6 Å². The first kappa shape index (κ1) is 8.27. The van der Waals surface area contributed by atoms with Crippen molar-refractivity contribution in [1.82, 2.24) is 4.98 Å². The van der Waals surface area contributed by atoms with Gasteiger partial charge in [0.1, 0.15) is 0 Å². The molecule has 50 valence electrons. The van der Waals surface area contributed by atoms with Crippen LogP contribution in [0.4, 0.5) is 4.32 Å². The zero-order valence-corrected chi connectivity index (χ0v) is 5.76. The molecule has 0 aliphatic heterocycles. The first-order valence-corrected chi connectivity index (χ1v) is 2.95. The molecule has 9 heavy (non-hydrogen) atoms. The molecule has 0 saturated heterocycles. The largest absolute Gasteiger partial charge is 0.368 e. The molecule has 1 N–H and O–H groups in total. The van der Waals surface area contributed by atoms with Crippen LogP contribution >= 0.6 is 0 Å². The van der Waals surface area contributed by atoms with Crippen molar-refractivity contribution < 1.29 is 4.32 Å². The van der Waals surface area contributed by atoms with Crippen molar-refractivity contribution >= 4 is 6.99 Å². The average Bonchev–Trinajstić information content (AvgIpc) is 2.11. The molecule has 0 amide bonds. The summed E-state index contributed by atoms with van der Waals surface area (Å²) in [5, 5.41) is 0. The van der Waals surface area contributed by atoms with Gasteiger partial charge in [-0.2, -0.15) is 0 Å². The summed E-state index contributed by atoms with van der Waals surface area (Å²) in [4.78, 5) is 2.86. The van der Waals surface area contributed by atoms with Crippen LogP contribution in [0, 0.1) is 0 Å². The predicted molar refractivity (Wildman–Crippen MR) is 39.4 cm³/mol. The number of hydrogen-bond acceptors (Lipinski definition) is 0. The van der Waals surface area contributed by atoms with E-state index in [2.05, 4.69) is 4.98 Å².